The van der Waals surface area contributed by atoms with E-state index in [1.807, 2.05) is 36.5 Å². The lowest BCUT2D eigenvalue weighted by molar-refractivity contribution is -0.418. The zero-order valence-corrected chi connectivity index (χ0v) is 13.3. The van der Waals surface area contributed by atoms with E-state index < -0.39 is 0 Å². The van der Waals surface area contributed by atoms with Crippen molar-refractivity contribution in [1.29, 1.82) is 0 Å². The van der Waals surface area contributed by atoms with Crippen LogP contribution in [0.4, 0.5) is 0 Å². The molecule has 2 rings (SSSR count). The highest BCUT2D eigenvalue weighted by Crippen LogP contribution is 2.30. The van der Waals surface area contributed by atoms with Crippen molar-refractivity contribution < 1.29 is 18.3 Å². The number of ether oxygens (including phenoxy) is 2. The summed E-state index contributed by atoms with van der Waals surface area (Å²) in [6.07, 6.45) is 13.2. The van der Waals surface area contributed by atoms with Crippen LogP contribution in [-0.2, 0) is 18.3 Å². The molecule has 0 aliphatic heterocycles. The van der Waals surface area contributed by atoms with Gasteiger partial charge in [0.25, 0.3) is 14.2 Å². The van der Waals surface area contributed by atoms with Crippen LogP contribution in [0.3, 0.4) is 0 Å². The van der Waals surface area contributed by atoms with Gasteiger partial charge in [-0.2, -0.15) is 0 Å². The van der Waals surface area contributed by atoms with E-state index in [1.165, 1.54) is 0 Å². The van der Waals surface area contributed by atoms with Crippen LogP contribution in [0.2, 0.25) is 0 Å². The van der Waals surface area contributed by atoms with Gasteiger partial charge in [0, 0.05) is 18.3 Å². The number of carbonyl (C=O) groups excluding carboxylic acids is 2. The summed E-state index contributed by atoms with van der Waals surface area (Å²) in [5.41, 5.74) is 3.62. The highest BCUT2D eigenvalue weighted by atomic mass is 16.5. The van der Waals surface area contributed by atoms with E-state index in [1.54, 1.807) is 34.7 Å². The van der Waals surface area contributed by atoms with Crippen molar-refractivity contribution in [3.8, 4) is 0 Å². The molecule has 1 atom stereocenters. The molecule has 1 unspecified atom stereocenters. The first-order valence-electron chi connectivity index (χ1n) is 6.87. The summed E-state index contributed by atoms with van der Waals surface area (Å²) in [7, 11) is 6.49. The van der Waals surface area contributed by atoms with Crippen molar-refractivity contribution in [2.75, 3.05) is 28.4 Å². The van der Waals surface area contributed by atoms with Gasteiger partial charge in [-0.1, -0.05) is 24.3 Å². The predicted molar refractivity (Wildman–Crippen MR) is 86.4 cm³/mol. The number of ketones is 1. The van der Waals surface area contributed by atoms with Gasteiger partial charge in [0.2, 0.25) is 5.57 Å². The van der Waals surface area contributed by atoms with Crippen molar-refractivity contribution in [3.63, 3.8) is 0 Å². The van der Waals surface area contributed by atoms with Crippen LogP contribution in [0.25, 0.3) is 0 Å². The van der Waals surface area contributed by atoms with Gasteiger partial charge in [-0.15, -0.1) is 0 Å². The molecule has 0 bridgehead atoms. The minimum atomic E-state index is -0.225. The first kappa shape index (κ1) is 16.0. The molecule has 2 aliphatic carbocycles. The Morgan fingerprint density at radius 2 is 1.91 bits per heavy atom. The van der Waals surface area contributed by atoms with Crippen molar-refractivity contribution in [3.05, 3.63) is 65.0 Å². The third-order valence-electron chi connectivity index (χ3n) is 3.38. The lowest BCUT2D eigenvalue weighted by atomic mass is 9.85. The van der Waals surface area contributed by atoms with Crippen molar-refractivity contribution in [1.82, 2.24) is 0 Å². The highest BCUT2D eigenvalue weighted by Gasteiger charge is 2.34. The molecule has 0 fully saturated rings. The van der Waals surface area contributed by atoms with Crippen molar-refractivity contribution >= 4 is 11.7 Å². The minimum absolute atomic E-state index is 0.225. The second-order valence-corrected chi connectivity index (χ2v) is 4.64. The second-order valence-electron chi connectivity index (χ2n) is 4.64. The maximum atomic E-state index is 5.65. The predicted octanol–water partition coefficient (Wildman–Crippen LogP) is 2.18. The zero-order valence-electron chi connectivity index (χ0n) is 13.3. The van der Waals surface area contributed by atoms with E-state index >= 15 is 0 Å². The number of allylic oxidation sites excluding steroid dienone is 6. The van der Waals surface area contributed by atoms with Gasteiger partial charge in [-0.25, -0.2) is 4.42 Å². The second kappa shape index (κ2) is 7.55. The summed E-state index contributed by atoms with van der Waals surface area (Å²) in [4.78, 5) is 0. The van der Waals surface area contributed by atoms with Gasteiger partial charge in [-0.3, -0.25) is 4.42 Å². The average molecular weight is 300 g/mol. The van der Waals surface area contributed by atoms with Crippen LogP contribution >= 0.6 is 0 Å². The normalized spacial score (nSPS) is 24.2. The Kier molecular flexibility index (Phi) is 5.48. The van der Waals surface area contributed by atoms with Crippen LogP contribution in [0.5, 0.6) is 0 Å². The maximum absolute atomic E-state index is 5.65. The molecule has 22 heavy (non-hydrogen) atoms. The molecule has 0 radical (unpaired) electrons. The summed E-state index contributed by atoms with van der Waals surface area (Å²) >= 11 is 0. The molecule has 0 aromatic carbocycles. The Labute approximate surface area is 130 Å². The van der Waals surface area contributed by atoms with Gasteiger partial charge < -0.3 is 9.47 Å². The quantitative estimate of drug-likeness (QED) is 0.347. The van der Waals surface area contributed by atoms with Crippen molar-refractivity contribution in [2.45, 2.75) is 6.10 Å². The Morgan fingerprint density at radius 1 is 1.14 bits per heavy atom. The standard InChI is InChI=1S/C18H20O4/c1-19-11-13-7-5-9-15(17(13)21-3)16-10-6-8-14(12-20-2)18(16)22-4/h5-11,17H,1-4H3/q+2. The average Bonchev–Trinajstić information content (AvgIpc) is 2.55. The number of hydrogen-bond donors (Lipinski definition) is 0. The van der Waals surface area contributed by atoms with E-state index in [2.05, 4.69) is 5.94 Å². The van der Waals surface area contributed by atoms with E-state index in [0.29, 0.717) is 5.78 Å². The molecule has 0 amide bonds. The molecule has 0 aromatic rings. The fourth-order valence-electron chi connectivity index (χ4n) is 2.52. The topological polar surface area (TPSA) is 41.1 Å². The molecule has 0 saturated carbocycles. The lowest BCUT2D eigenvalue weighted by Gasteiger charge is -2.23. The molecule has 4 heteroatoms. The molecular weight excluding hydrogens is 280 g/mol. The summed E-state index contributed by atoms with van der Waals surface area (Å²) in [5.74, 6) is 3.52. The Morgan fingerprint density at radius 3 is 2.55 bits per heavy atom. The first-order chi connectivity index (χ1) is 10.8. The first-order valence-corrected chi connectivity index (χ1v) is 6.87. The zero-order chi connectivity index (χ0) is 15.9. The minimum Gasteiger partial charge on any atom is -0.504 e. The molecule has 0 N–H and O–H groups in total. The van der Waals surface area contributed by atoms with Crippen LogP contribution in [-0.4, -0.2) is 46.3 Å². The molecule has 4 nitrogen and oxygen atoms in total. The number of hydrogen-bond acceptors (Lipinski definition) is 2. The van der Waals surface area contributed by atoms with Crippen LogP contribution in [0.1, 0.15) is 0 Å². The number of methoxy groups -OCH3 is 2. The molecule has 0 saturated heterocycles. The Balaban J connectivity index is 2.50. The number of rotatable bonds is 3. The third kappa shape index (κ3) is 3.08. The van der Waals surface area contributed by atoms with Gasteiger partial charge in [-0.05, 0) is 12.2 Å². The SMILES string of the molecule is COC=C1C=CC=C(C2=CC=CC(=C=[O+]C)C2=[O+]C)C1OC. The van der Waals surface area contributed by atoms with Gasteiger partial charge in [0.15, 0.2) is 0 Å². The maximum Gasteiger partial charge on any atom is 0.374 e. The molecule has 0 heterocycles. The largest absolute Gasteiger partial charge is 0.504 e. The van der Waals surface area contributed by atoms with E-state index in [9.17, 15) is 0 Å². The lowest BCUT2D eigenvalue weighted by Crippen LogP contribution is -2.24. The smallest absolute Gasteiger partial charge is 0.374 e. The van der Waals surface area contributed by atoms with E-state index in [4.69, 9.17) is 18.3 Å². The molecular formula is C18H20O4+2. The third-order valence-corrected chi connectivity index (χ3v) is 3.38. The summed E-state index contributed by atoms with van der Waals surface area (Å²) in [6.45, 7) is 0. The highest BCUT2D eigenvalue weighted by molar-refractivity contribution is 6.18. The summed E-state index contributed by atoms with van der Waals surface area (Å²) in [6, 6.07) is 0. The fourth-order valence-corrected chi connectivity index (χ4v) is 2.52. The summed E-state index contributed by atoms with van der Waals surface area (Å²) < 4.78 is 21.3. The van der Waals surface area contributed by atoms with Gasteiger partial charge in [0.05, 0.1) is 18.9 Å². The van der Waals surface area contributed by atoms with E-state index in [-0.39, 0.29) is 6.10 Å². The summed E-state index contributed by atoms with van der Waals surface area (Å²) in [5, 5.41) is 0. The Bertz CT molecular complexity index is 678. The fraction of sp³-hybridized carbons (Fsp3) is 0.278. The van der Waals surface area contributed by atoms with Crippen LogP contribution < -0.4 is 0 Å². The Hall–Kier alpha value is -2.42. The molecule has 0 aromatic heterocycles. The molecule has 114 valence electrons. The van der Waals surface area contributed by atoms with Gasteiger partial charge in [0.1, 0.15) is 6.10 Å². The van der Waals surface area contributed by atoms with Crippen molar-refractivity contribution in [2.24, 2.45) is 0 Å². The van der Waals surface area contributed by atoms with Crippen LogP contribution in [0, 0.1) is 0 Å². The van der Waals surface area contributed by atoms with Gasteiger partial charge >= 0.3 is 11.7 Å². The molecule has 2 aliphatic rings. The monoisotopic (exact) mass is 300 g/mol. The molecule has 0 spiro atoms. The van der Waals surface area contributed by atoms with E-state index in [0.717, 1.165) is 22.3 Å². The van der Waals surface area contributed by atoms with Crippen LogP contribution in [0.15, 0.2) is 65.0 Å².